The van der Waals surface area contributed by atoms with Crippen molar-refractivity contribution in [3.05, 3.63) is 48.5 Å². The Labute approximate surface area is 146 Å². The zero-order chi connectivity index (χ0) is 16.4. The van der Waals surface area contributed by atoms with Crippen LogP contribution in [0.2, 0.25) is 0 Å². The maximum atomic E-state index is 9.28. The molecule has 0 spiro atoms. The molecule has 1 atom stereocenters. The van der Waals surface area contributed by atoms with Crippen molar-refractivity contribution in [2.24, 2.45) is 5.92 Å². The van der Waals surface area contributed by atoms with Gasteiger partial charge in [0.2, 0.25) is 0 Å². The average molecular weight is 343 g/mol. The van der Waals surface area contributed by atoms with E-state index in [1.165, 1.54) is 38.0 Å². The van der Waals surface area contributed by atoms with E-state index in [4.69, 9.17) is 8.92 Å². The predicted molar refractivity (Wildman–Crippen MR) is 94.6 cm³/mol. The summed E-state index contributed by atoms with van der Waals surface area (Å²) < 4.78 is 11.9. The third-order valence-electron chi connectivity index (χ3n) is 4.78. The fourth-order valence-corrected chi connectivity index (χ4v) is 3.94. The van der Waals surface area contributed by atoms with Crippen LogP contribution in [0, 0.1) is 5.92 Å². The van der Waals surface area contributed by atoms with Gasteiger partial charge in [-0.2, -0.15) is 0 Å². The molecule has 126 valence electrons. The third kappa shape index (κ3) is 3.62. The summed E-state index contributed by atoms with van der Waals surface area (Å²) in [4.78, 5) is 3.44. The molecular formula is C19H21NO3S. The Balaban J connectivity index is 1.32. The van der Waals surface area contributed by atoms with E-state index in [0.717, 1.165) is 22.9 Å². The van der Waals surface area contributed by atoms with Crippen LogP contribution in [0.15, 0.2) is 53.4 Å². The van der Waals surface area contributed by atoms with E-state index in [2.05, 4.69) is 4.90 Å². The number of hydrogen-bond donors (Lipinski definition) is 1. The average Bonchev–Trinajstić information content (AvgIpc) is 2.63. The molecule has 0 saturated carbocycles. The summed E-state index contributed by atoms with van der Waals surface area (Å²) in [5, 5.41) is 9.28. The van der Waals surface area contributed by atoms with Crippen molar-refractivity contribution in [1.29, 1.82) is 0 Å². The van der Waals surface area contributed by atoms with Crippen LogP contribution in [-0.2, 0) is 0 Å². The first kappa shape index (κ1) is 15.7. The normalized spacial score (nSPS) is 25.4. The number of benzene rings is 2. The Morgan fingerprint density at radius 3 is 2.21 bits per heavy atom. The highest BCUT2D eigenvalue weighted by molar-refractivity contribution is 7.95. The molecule has 2 bridgehead atoms. The second-order valence-electron chi connectivity index (χ2n) is 6.43. The van der Waals surface area contributed by atoms with Crippen molar-refractivity contribution in [3.8, 4) is 17.2 Å². The van der Waals surface area contributed by atoms with E-state index in [-0.39, 0.29) is 5.75 Å². The summed E-state index contributed by atoms with van der Waals surface area (Å²) in [5.41, 5.74) is 0. The first-order valence-electron chi connectivity index (χ1n) is 8.39. The zero-order valence-electron chi connectivity index (χ0n) is 13.4. The number of hydrogen-bond acceptors (Lipinski definition) is 5. The van der Waals surface area contributed by atoms with Gasteiger partial charge in [-0.1, -0.05) is 0 Å². The quantitative estimate of drug-likeness (QED) is 0.833. The standard InChI is InChI=1S/C19H21NO3S/c21-15-1-7-18(8-2-15)24-23-17-5-3-16(4-6-17)22-19-13-20-11-9-14(19)10-12-20/h1-8,14,19,21H,9-13H2/t19-/m0/s1. The molecule has 5 rings (SSSR count). The lowest BCUT2D eigenvalue weighted by Crippen LogP contribution is -2.52. The van der Waals surface area contributed by atoms with Gasteiger partial charge in [0.15, 0.2) is 0 Å². The van der Waals surface area contributed by atoms with E-state index < -0.39 is 0 Å². The number of rotatable bonds is 5. The molecular weight excluding hydrogens is 322 g/mol. The van der Waals surface area contributed by atoms with E-state index in [1.807, 2.05) is 36.4 Å². The lowest BCUT2D eigenvalue weighted by atomic mass is 9.86. The van der Waals surface area contributed by atoms with E-state index >= 15 is 0 Å². The highest BCUT2D eigenvalue weighted by Crippen LogP contribution is 2.32. The molecule has 0 aliphatic carbocycles. The van der Waals surface area contributed by atoms with E-state index in [9.17, 15) is 5.11 Å². The predicted octanol–water partition coefficient (Wildman–Crippen LogP) is 3.95. The number of nitrogens with zero attached hydrogens (tertiary/aromatic N) is 1. The van der Waals surface area contributed by atoms with Crippen LogP contribution in [0.4, 0.5) is 0 Å². The highest BCUT2D eigenvalue weighted by atomic mass is 32.2. The molecule has 0 radical (unpaired) electrons. The second kappa shape index (κ2) is 6.95. The maximum Gasteiger partial charge on any atom is 0.138 e. The van der Waals surface area contributed by atoms with Crippen LogP contribution in [0.25, 0.3) is 0 Å². The first-order chi connectivity index (χ1) is 11.8. The molecule has 4 nitrogen and oxygen atoms in total. The van der Waals surface area contributed by atoms with Gasteiger partial charge in [0.25, 0.3) is 0 Å². The smallest absolute Gasteiger partial charge is 0.138 e. The number of piperidine rings is 3. The van der Waals surface area contributed by atoms with Crippen LogP contribution < -0.4 is 8.92 Å². The van der Waals surface area contributed by atoms with Gasteiger partial charge >= 0.3 is 0 Å². The molecule has 5 heteroatoms. The van der Waals surface area contributed by atoms with Crippen LogP contribution >= 0.6 is 12.0 Å². The van der Waals surface area contributed by atoms with Crippen molar-refractivity contribution in [2.75, 3.05) is 19.6 Å². The number of aromatic hydroxyl groups is 1. The van der Waals surface area contributed by atoms with Gasteiger partial charge in [-0.05, 0) is 80.4 Å². The van der Waals surface area contributed by atoms with E-state index in [0.29, 0.717) is 12.0 Å². The van der Waals surface area contributed by atoms with Gasteiger partial charge in [0.1, 0.15) is 23.4 Å². The van der Waals surface area contributed by atoms with E-state index in [1.54, 1.807) is 12.1 Å². The zero-order valence-corrected chi connectivity index (χ0v) is 14.2. The van der Waals surface area contributed by atoms with Crippen LogP contribution in [0.1, 0.15) is 12.8 Å². The minimum absolute atomic E-state index is 0.258. The van der Waals surface area contributed by atoms with Crippen molar-refractivity contribution in [3.63, 3.8) is 0 Å². The molecule has 0 unspecified atom stereocenters. The molecule has 24 heavy (non-hydrogen) atoms. The van der Waals surface area contributed by atoms with Crippen molar-refractivity contribution in [1.82, 2.24) is 4.90 Å². The van der Waals surface area contributed by atoms with Crippen LogP contribution in [0.3, 0.4) is 0 Å². The Morgan fingerprint density at radius 1 is 0.917 bits per heavy atom. The second-order valence-corrected chi connectivity index (χ2v) is 7.23. The Morgan fingerprint density at radius 2 is 1.58 bits per heavy atom. The molecule has 0 aromatic heterocycles. The first-order valence-corrected chi connectivity index (χ1v) is 9.13. The lowest BCUT2D eigenvalue weighted by molar-refractivity contribution is -0.00776. The molecule has 2 aromatic carbocycles. The number of fused-ring (bicyclic) bond motifs is 3. The lowest BCUT2D eigenvalue weighted by Gasteiger charge is -2.44. The van der Waals surface area contributed by atoms with Gasteiger partial charge < -0.3 is 14.0 Å². The minimum atomic E-state index is 0.258. The molecule has 0 amide bonds. The highest BCUT2D eigenvalue weighted by Gasteiger charge is 2.35. The Bertz CT molecular complexity index is 666. The number of phenolic OH excluding ortho intramolecular Hbond substituents is 1. The molecule has 3 aliphatic heterocycles. The monoisotopic (exact) mass is 343 g/mol. The van der Waals surface area contributed by atoms with Gasteiger partial charge in [0.05, 0.1) is 12.0 Å². The molecule has 3 saturated heterocycles. The summed E-state index contributed by atoms with van der Waals surface area (Å²) in [7, 11) is 0. The molecule has 2 aromatic rings. The SMILES string of the molecule is Oc1ccc(SOc2ccc(O[C@H]3CN4CCC3CC4)cc2)cc1. The Kier molecular flexibility index (Phi) is 4.54. The van der Waals surface area contributed by atoms with Gasteiger partial charge in [-0.15, -0.1) is 0 Å². The summed E-state index contributed by atoms with van der Waals surface area (Å²) in [6, 6.07) is 14.8. The third-order valence-corrected chi connectivity index (χ3v) is 5.52. The molecule has 3 aliphatic rings. The largest absolute Gasteiger partial charge is 0.508 e. The van der Waals surface area contributed by atoms with Gasteiger partial charge in [-0.25, -0.2) is 0 Å². The molecule has 3 heterocycles. The van der Waals surface area contributed by atoms with Gasteiger partial charge in [-0.3, -0.25) is 4.90 Å². The molecule has 3 fully saturated rings. The summed E-state index contributed by atoms with van der Waals surface area (Å²) in [5.74, 6) is 2.66. The summed E-state index contributed by atoms with van der Waals surface area (Å²) >= 11 is 1.27. The minimum Gasteiger partial charge on any atom is -0.508 e. The topological polar surface area (TPSA) is 41.9 Å². The number of ether oxygens (including phenoxy) is 1. The Hall–Kier alpha value is -1.85. The summed E-state index contributed by atoms with van der Waals surface area (Å²) in [6.45, 7) is 3.51. The van der Waals surface area contributed by atoms with Crippen LogP contribution in [-0.4, -0.2) is 35.7 Å². The fraction of sp³-hybridized carbons (Fsp3) is 0.368. The van der Waals surface area contributed by atoms with Gasteiger partial charge in [0, 0.05) is 11.4 Å². The summed E-state index contributed by atoms with van der Waals surface area (Å²) in [6.07, 6.45) is 2.84. The molecule has 1 N–H and O–H groups in total. The number of phenols is 1. The van der Waals surface area contributed by atoms with Crippen LogP contribution in [0.5, 0.6) is 17.2 Å². The van der Waals surface area contributed by atoms with Crippen molar-refractivity contribution < 1.29 is 14.0 Å². The van der Waals surface area contributed by atoms with Crippen molar-refractivity contribution >= 4 is 12.0 Å². The fourth-order valence-electron chi connectivity index (χ4n) is 3.39. The maximum absolute atomic E-state index is 9.28. The van der Waals surface area contributed by atoms with Crippen molar-refractivity contribution in [2.45, 2.75) is 23.8 Å².